The van der Waals surface area contributed by atoms with Crippen molar-refractivity contribution in [2.24, 2.45) is 0 Å². The number of carbonyl (C=O) groups excluding carboxylic acids is 1. The molecule has 2 aromatic heterocycles. The van der Waals surface area contributed by atoms with Gasteiger partial charge < -0.3 is 15.1 Å². The van der Waals surface area contributed by atoms with Crippen molar-refractivity contribution < 1.29 is 9.21 Å². The molecule has 0 radical (unpaired) electrons. The quantitative estimate of drug-likeness (QED) is 0.550. The topological polar surface area (TPSA) is 72.1 Å². The van der Waals surface area contributed by atoms with Gasteiger partial charge >= 0.3 is 6.03 Å². The third kappa shape index (κ3) is 3.84. The van der Waals surface area contributed by atoms with Gasteiger partial charge in [0.05, 0.1) is 6.26 Å². The molecule has 2 aromatic carbocycles. The number of rotatable bonds is 6. The van der Waals surface area contributed by atoms with Gasteiger partial charge in [-0.05, 0) is 34.5 Å². The summed E-state index contributed by atoms with van der Waals surface area (Å²) in [5.41, 5.74) is 1.08. The predicted molar refractivity (Wildman–Crippen MR) is 103 cm³/mol. The molecule has 136 valence electrons. The van der Waals surface area contributed by atoms with Crippen molar-refractivity contribution in [3.05, 3.63) is 90.6 Å². The summed E-state index contributed by atoms with van der Waals surface area (Å²) in [5.74, 6) is 0.744. The van der Waals surface area contributed by atoms with Crippen LogP contribution in [0.5, 0.6) is 0 Å². The van der Waals surface area contributed by atoms with Crippen LogP contribution in [0.4, 0.5) is 4.79 Å². The van der Waals surface area contributed by atoms with Gasteiger partial charge in [-0.1, -0.05) is 42.5 Å². The van der Waals surface area contributed by atoms with Gasteiger partial charge in [0.25, 0.3) is 0 Å². The molecule has 2 amide bonds. The minimum Gasteiger partial charge on any atom is -0.467 e. The summed E-state index contributed by atoms with van der Waals surface area (Å²) in [6.07, 6.45) is 5.17. The lowest BCUT2D eigenvalue weighted by Gasteiger charge is -2.16. The normalized spacial score (nSPS) is 12.0. The number of furan rings is 1. The number of nitrogens with one attached hydrogen (secondary N) is 2. The average molecular weight is 360 g/mol. The molecule has 6 nitrogen and oxygen atoms in total. The molecule has 0 aliphatic heterocycles. The van der Waals surface area contributed by atoms with Gasteiger partial charge in [0, 0.05) is 25.5 Å². The number of hydrogen-bond acceptors (Lipinski definition) is 3. The number of benzene rings is 2. The fraction of sp³-hybridized carbons (Fsp3) is 0.143. The Bertz CT molecular complexity index is 970. The van der Waals surface area contributed by atoms with E-state index in [2.05, 4.69) is 33.9 Å². The Hall–Kier alpha value is -3.54. The molecule has 2 heterocycles. The third-order valence-electron chi connectivity index (χ3n) is 4.49. The highest BCUT2D eigenvalue weighted by atomic mass is 16.3. The second-order valence-electron chi connectivity index (χ2n) is 6.22. The Morgan fingerprint density at radius 1 is 1.04 bits per heavy atom. The zero-order valence-electron chi connectivity index (χ0n) is 14.7. The lowest BCUT2D eigenvalue weighted by atomic mass is 10.0. The Morgan fingerprint density at radius 2 is 1.93 bits per heavy atom. The summed E-state index contributed by atoms with van der Waals surface area (Å²) in [6, 6.07) is 19.4. The maximum Gasteiger partial charge on any atom is 0.315 e. The summed E-state index contributed by atoms with van der Waals surface area (Å²) in [5, 5.41) is 12.4. The van der Waals surface area contributed by atoms with Crippen LogP contribution < -0.4 is 10.6 Å². The van der Waals surface area contributed by atoms with Crippen molar-refractivity contribution in [3.63, 3.8) is 0 Å². The van der Waals surface area contributed by atoms with E-state index in [0.29, 0.717) is 13.1 Å². The van der Waals surface area contributed by atoms with Crippen molar-refractivity contribution in [1.29, 1.82) is 0 Å². The Morgan fingerprint density at radius 3 is 2.74 bits per heavy atom. The minimum atomic E-state index is -0.230. The van der Waals surface area contributed by atoms with Crippen LogP contribution in [0.25, 0.3) is 10.8 Å². The van der Waals surface area contributed by atoms with E-state index in [0.717, 1.165) is 22.1 Å². The van der Waals surface area contributed by atoms with Gasteiger partial charge in [-0.15, -0.1) is 0 Å². The average Bonchev–Trinajstić information content (AvgIpc) is 3.41. The first kappa shape index (κ1) is 16.9. The lowest BCUT2D eigenvalue weighted by molar-refractivity contribution is 0.238. The monoisotopic (exact) mass is 360 g/mol. The van der Waals surface area contributed by atoms with E-state index in [-0.39, 0.29) is 12.1 Å². The van der Waals surface area contributed by atoms with Crippen molar-refractivity contribution in [2.45, 2.75) is 12.6 Å². The molecule has 27 heavy (non-hydrogen) atoms. The Kier molecular flexibility index (Phi) is 4.87. The molecular formula is C21H20N4O2. The summed E-state index contributed by atoms with van der Waals surface area (Å²) in [7, 11) is 0. The zero-order valence-corrected chi connectivity index (χ0v) is 14.7. The van der Waals surface area contributed by atoms with Gasteiger partial charge in [0.1, 0.15) is 11.8 Å². The third-order valence-corrected chi connectivity index (χ3v) is 4.49. The number of urea groups is 1. The Labute approximate surface area is 156 Å². The van der Waals surface area contributed by atoms with Crippen molar-refractivity contribution in [2.75, 3.05) is 6.54 Å². The van der Waals surface area contributed by atoms with Crippen LogP contribution in [0.15, 0.2) is 83.7 Å². The van der Waals surface area contributed by atoms with E-state index in [9.17, 15) is 4.79 Å². The van der Waals surface area contributed by atoms with Gasteiger partial charge in [-0.2, -0.15) is 5.10 Å². The fourth-order valence-corrected chi connectivity index (χ4v) is 3.14. The maximum absolute atomic E-state index is 12.3. The molecule has 0 aliphatic carbocycles. The first-order chi connectivity index (χ1) is 13.3. The van der Waals surface area contributed by atoms with E-state index in [1.165, 1.54) is 0 Å². The second kappa shape index (κ2) is 7.78. The fourth-order valence-electron chi connectivity index (χ4n) is 3.14. The number of fused-ring (bicyclic) bond motifs is 1. The van der Waals surface area contributed by atoms with Crippen molar-refractivity contribution in [1.82, 2.24) is 20.4 Å². The van der Waals surface area contributed by atoms with Gasteiger partial charge in [0.15, 0.2) is 0 Å². The van der Waals surface area contributed by atoms with E-state index in [4.69, 9.17) is 4.42 Å². The number of hydrogen-bond donors (Lipinski definition) is 2. The van der Waals surface area contributed by atoms with Gasteiger partial charge in [-0.25, -0.2) is 4.79 Å². The summed E-state index contributed by atoms with van der Waals surface area (Å²) in [6.45, 7) is 0.830. The van der Waals surface area contributed by atoms with E-state index in [1.807, 2.05) is 48.7 Å². The largest absolute Gasteiger partial charge is 0.467 e. The minimum absolute atomic E-state index is 0.196. The highest BCUT2D eigenvalue weighted by Crippen LogP contribution is 2.19. The first-order valence-electron chi connectivity index (χ1n) is 8.82. The van der Waals surface area contributed by atoms with E-state index < -0.39 is 0 Å². The van der Waals surface area contributed by atoms with Crippen LogP contribution in [0, 0.1) is 0 Å². The molecule has 4 rings (SSSR count). The van der Waals surface area contributed by atoms with Crippen LogP contribution in [0.3, 0.4) is 0 Å². The summed E-state index contributed by atoms with van der Waals surface area (Å²) >= 11 is 0. The Balaban J connectivity index is 1.39. The summed E-state index contributed by atoms with van der Waals surface area (Å²) < 4.78 is 7.26. The lowest BCUT2D eigenvalue weighted by Crippen LogP contribution is -2.38. The summed E-state index contributed by atoms with van der Waals surface area (Å²) in [4.78, 5) is 12.3. The van der Waals surface area contributed by atoms with E-state index >= 15 is 0 Å². The van der Waals surface area contributed by atoms with Crippen LogP contribution in [-0.2, 0) is 6.54 Å². The SMILES string of the molecule is O=C(NCc1cccc2ccccc12)NC[C@H](c1ccco1)n1cccn1. The molecule has 0 unspecified atom stereocenters. The van der Waals surface area contributed by atoms with Crippen LogP contribution in [-0.4, -0.2) is 22.4 Å². The molecule has 0 saturated carbocycles. The highest BCUT2D eigenvalue weighted by Gasteiger charge is 2.17. The number of amides is 2. The van der Waals surface area contributed by atoms with E-state index in [1.54, 1.807) is 17.1 Å². The van der Waals surface area contributed by atoms with Gasteiger partial charge in [0.2, 0.25) is 0 Å². The standard InChI is InChI=1S/C21H20N4O2/c26-21(22-14-17-8-3-7-16-6-1-2-9-18(16)17)23-15-19(20-10-4-13-27-20)25-12-5-11-24-25/h1-13,19H,14-15H2,(H2,22,23,26)/t19-/m1/s1. The van der Waals surface area contributed by atoms with Crippen LogP contribution >= 0.6 is 0 Å². The predicted octanol–water partition coefficient (Wildman–Crippen LogP) is 3.72. The molecule has 0 bridgehead atoms. The highest BCUT2D eigenvalue weighted by molar-refractivity contribution is 5.86. The van der Waals surface area contributed by atoms with Crippen LogP contribution in [0.1, 0.15) is 17.4 Å². The molecule has 4 aromatic rings. The number of aromatic nitrogens is 2. The zero-order chi connectivity index (χ0) is 18.5. The number of nitrogens with zero attached hydrogens (tertiary/aromatic N) is 2. The van der Waals surface area contributed by atoms with Crippen molar-refractivity contribution >= 4 is 16.8 Å². The van der Waals surface area contributed by atoms with Gasteiger partial charge in [-0.3, -0.25) is 4.68 Å². The molecule has 2 N–H and O–H groups in total. The molecule has 0 fully saturated rings. The molecule has 0 spiro atoms. The van der Waals surface area contributed by atoms with Crippen molar-refractivity contribution in [3.8, 4) is 0 Å². The molecule has 1 atom stereocenters. The maximum atomic E-state index is 12.3. The number of carbonyl (C=O) groups is 1. The molecular weight excluding hydrogens is 340 g/mol. The van der Waals surface area contributed by atoms with Crippen LogP contribution in [0.2, 0.25) is 0 Å². The molecule has 0 saturated heterocycles. The smallest absolute Gasteiger partial charge is 0.315 e. The molecule has 6 heteroatoms. The second-order valence-corrected chi connectivity index (χ2v) is 6.22. The molecule has 0 aliphatic rings. The first-order valence-corrected chi connectivity index (χ1v) is 8.82.